The van der Waals surface area contributed by atoms with Crippen molar-refractivity contribution in [1.29, 1.82) is 0 Å². The van der Waals surface area contributed by atoms with Crippen molar-refractivity contribution in [1.82, 2.24) is 10.3 Å². The van der Waals surface area contributed by atoms with E-state index in [0.717, 1.165) is 16.5 Å². The first-order chi connectivity index (χ1) is 8.78. The van der Waals surface area contributed by atoms with E-state index in [1.54, 1.807) is 19.4 Å². The summed E-state index contributed by atoms with van der Waals surface area (Å²) < 4.78 is 10.1. The molecular weight excluding hydrogens is 252 g/mol. The van der Waals surface area contributed by atoms with E-state index in [0.29, 0.717) is 13.2 Å². The highest BCUT2D eigenvalue weighted by Crippen LogP contribution is 2.11. The van der Waals surface area contributed by atoms with Gasteiger partial charge in [-0.15, -0.1) is 11.3 Å². The van der Waals surface area contributed by atoms with Crippen LogP contribution in [-0.2, 0) is 29.1 Å². The number of carbonyl (C=O) groups excluding carboxylic acids is 1. The Morgan fingerprint density at radius 2 is 2.50 bits per heavy atom. The van der Waals surface area contributed by atoms with E-state index in [4.69, 9.17) is 9.15 Å². The maximum absolute atomic E-state index is 11.7. The summed E-state index contributed by atoms with van der Waals surface area (Å²) in [6.45, 7) is 0.888. The number of aromatic nitrogens is 1. The van der Waals surface area contributed by atoms with Crippen LogP contribution in [0.25, 0.3) is 0 Å². The monoisotopic (exact) mass is 266 g/mol. The zero-order chi connectivity index (χ0) is 12.8. The molecule has 0 unspecified atom stereocenters. The molecule has 6 heteroatoms. The summed E-state index contributed by atoms with van der Waals surface area (Å²) >= 11 is 1.50. The maximum atomic E-state index is 11.7. The van der Waals surface area contributed by atoms with E-state index in [2.05, 4.69) is 10.3 Å². The molecule has 0 radical (unpaired) electrons. The normalized spacial score (nSPS) is 10.5. The Morgan fingerprint density at radius 3 is 3.22 bits per heavy atom. The highest BCUT2D eigenvalue weighted by molar-refractivity contribution is 7.09. The second kappa shape index (κ2) is 6.32. The highest BCUT2D eigenvalue weighted by Gasteiger charge is 2.08. The van der Waals surface area contributed by atoms with Gasteiger partial charge in [0.1, 0.15) is 10.8 Å². The van der Waals surface area contributed by atoms with Crippen LogP contribution in [0.15, 0.2) is 28.2 Å². The number of hydrogen-bond acceptors (Lipinski definition) is 5. The van der Waals surface area contributed by atoms with Gasteiger partial charge in [-0.3, -0.25) is 4.79 Å². The molecule has 0 saturated carbocycles. The van der Waals surface area contributed by atoms with Crippen molar-refractivity contribution in [2.45, 2.75) is 19.6 Å². The van der Waals surface area contributed by atoms with E-state index < -0.39 is 0 Å². The molecule has 18 heavy (non-hydrogen) atoms. The van der Waals surface area contributed by atoms with Crippen LogP contribution in [0.2, 0.25) is 0 Å². The number of furan rings is 1. The van der Waals surface area contributed by atoms with Crippen LogP contribution in [0.1, 0.15) is 16.5 Å². The summed E-state index contributed by atoms with van der Waals surface area (Å²) in [6.07, 6.45) is 1.86. The summed E-state index contributed by atoms with van der Waals surface area (Å²) in [4.78, 5) is 15.9. The predicted octanol–water partition coefficient (Wildman–Crippen LogP) is 1.74. The fraction of sp³-hybridized carbons (Fsp3) is 0.333. The van der Waals surface area contributed by atoms with Crippen molar-refractivity contribution in [2.24, 2.45) is 0 Å². The molecule has 5 nitrogen and oxygen atoms in total. The number of amides is 1. The first-order valence-electron chi connectivity index (χ1n) is 5.49. The standard InChI is InChI=1S/C12H14N2O3S/c1-16-7-12-14-9(8-18-12)5-11(15)13-6-10-3-2-4-17-10/h2-4,8H,5-7H2,1H3,(H,13,15). The molecule has 0 aromatic carbocycles. The van der Waals surface area contributed by atoms with E-state index in [-0.39, 0.29) is 12.3 Å². The van der Waals surface area contributed by atoms with Crippen LogP contribution >= 0.6 is 11.3 Å². The molecule has 2 rings (SSSR count). The first kappa shape index (κ1) is 12.8. The minimum Gasteiger partial charge on any atom is -0.467 e. The molecule has 0 bridgehead atoms. The number of nitrogens with zero attached hydrogens (tertiary/aromatic N) is 1. The van der Waals surface area contributed by atoms with Crippen LogP contribution in [0.4, 0.5) is 0 Å². The molecule has 96 valence electrons. The lowest BCUT2D eigenvalue weighted by molar-refractivity contribution is -0.120. The Hall–Kier alpha value is -1.66. The van der Waals surface area contributed by atoms with Gasteiger partial charge in [0.25, 0.3) is 0 Å². The molecule has 0 aliphatic rings. The van der Waals surface area contributed by atoms with Crippen molar-refractivity contribution >= 4 is 17.2 Å². The maximum Gasteiger partial charge on any atom is 0.226 e. The molecule has 0 atom stereocenters. The van der Waals surface area contributed by atoms with E-state index in [1.165, 1.54) is 11.3 Å². The van der Waals surface area contributed by atoms with Crippen LogP contribution in [0.5, 0.6) is 0 Å². The number of carbonyl (C=O) groups is 1. The van der Waals surface area contributed by atoms with Gasteiger partial charge < -0.3 is 14.5 Å². The molecule has 0 fully saturated rings. The van der Waals surface area contributed by atoms with Gasteiger partial charge in [0.2, 0.25) is 5.91 Å². The minimum absolute atomic E-state index is 0.0688. The molecule has 1 amide bonds. The fourth-order valence-corrected chi connectivity index (χ4v) is 2.21. The SMILES string of the molecule is COCc1nc(CC(=O)NCc2ccco2)cs1. The Labute approximate surface area is 109 Å². The van der Waals surface area contributed by atoms with Gasteiger partial charge in [-0.25, -0.2) is 4.98 Å². The quantitative estimate of drug-likeness (QED) is 0.865. The zero-order valence-electron chi connectivity index (χ0n) is 10.0. The van der Waals surface area contributed by atoms with Crippen LogP contribution in [0, 0.1) is 0 Å². The van der Waals surface area contributed by atoms with Gasteiger partial charge in [-0.05, 0) is 12.1 Å². The lowest BCUT2D eigenvalue weighted by Gasteiger charge is -2.01. The number of rotatable bonds is 6. The third kappa shape index (κ3) is 3.68. The number of ether oxygens (including phenoxy) is 1. The molecular formula is C12H14N2O3S. The zero-order valence-corrected chi connectivity index (χ0v) is 10.8. The van der Waals surface area contributed by atoms with Gasteiger partial charge in [0.15, 0.2) is 0 Å². The Balaban J connectivity index is 1.79. The van der Waals surface area contributed by atoms with Crippen molar-refractivity contribution in [3.63, 3.8) is 0 Å². The Bertz CT molecular complexity index is 493. The minimum atomic E-state index is -0.0688. The van der Waals surface area contributed by atoms with Gasteiger partial charge >= 0.3 is 0 Å². The van der Waals surface area contributed by atoms with Crippen LogP contribution in [0.3, 0.4) is 0 Å². The van der Waals surface area contributed by atoms with Gasteiger partial charge in [0.05, 0.1) is 31.5 Å². The second-order valence-electron chi connectivity index (χ2n) is 3.70. The number of methoxy groups -OCH3 is 1. The van der Waals surface area contributed by atoms with Gasteiger partial charge in [-0.2, -0.15) is 0 Å². The Morgan fingerprint density at radius 1 is 1.61 bits per heavy atom. The summed E-state index contributed by atoms with van der Waals surface area (Å²) in [6, 6.07) is 3.61. The third-order valence-corrected chi connectivity index (χ3v) is 3.12. The summed E-state index contributed by atoms with van der Waals surface area (Å²) in [5, 5.41) is 5.53. The largest absolute Gasteiger partial charge is 0.467 e. The van der Waals surface area contributed by atoms with E-state index in [9.17, 15) is 4.79 Å². The highest BCUT2D eigenvalue weighted by atomic mass is 32.1. The topological polar surface area (TPSA) is 64.4 Å². The predicted molar refractivity (Wildman–Crippen MR) is 67.1 cm³/mol. The summed E-state index contributed by atoms with van der Waals surface area (Å²) in [5.41, 5.74) is 0.768. The third-order valence-electron chi connectivity index (χ3n) is 2.25. The smallest absolute Gasteiger partial charge is 0.226 e. The molecule has 0 saturated heterocycles. The van der Waals surface area contributed by atoms with Crippen molar-refractivity contribution in [3.05, 3.63) is 40.2 Å². The van der Waals surface area contributed by atoms with Crippen molar-refractivity contribution in [3.8, 4) is 0 Å². The second-order valence-corrected chi connectivity index (χ2v) is 4.64. The van der Waals surface area contributed by atoms with E-state index in [1.807, 2.05) is 11.4 Å². The molecule has 0 aliphatic heterocycles. The molecule has 0 spiro atoms. The number of nitrogens with one attached hydrogen (secondary N) is 1. The average molecular weight is 266 g/mol. The molecule has 2 heterocycles. The molecule has 2 aromatic rings. The Kier molecular flexibility index (Phi) is 4.49. The lowest BCUT2D eigenvalue weighted by atomic mass is 10.3. The van der Waals surface area contributed by atoms with Crippen molar-refractivity contribution < 1.29 is 13.9 Å². The van der Waals surface area contributed by atoms with Gasteiger partial charge in [-0.1, -0.05) is 0 Å². The lowest BCUT2D eigenvalue weighted by Crippen LogP contribution is -2.24. The van der Waals surface area contributed by atoms with Crippen molar-refractivity contribution in [2.75, 3.05) is 7.11 Å². The van der Waals surface area contributed by atoms with Crippen LogP contribution in [-0.4, -0.2) is 18.0 Å². The van der Waals surface area contributed by atoms with Crippen LogP contribution < -0.4 is 5.32 Å². The average Bonchev–Trinajstić information content (AvgIpc) is 2.99. The fourth-order valence-electron chi connectivity index (χ4n) is 1.45. The molecule has 0 aliphatic carbocycles. The number of hydrogen-bond donors (Lipinski definition) is 1. The molecule has 1 N–H and O–H groups in total. The number of thiazole rings is 1. The van der Waals surface area contributed by atoms with Gasteiger partial charge in [0, 0.05) is 12.5 Å². The first-order valence-corrected chi connectivity index (χ1v) is 6.37. The van der Waals surface area contributed by atoms with E-state index >= 15 is 0 Å². The molecule has 2 aromatic heterocycles. The summed E-state index contributed by atoms with van der Waals surface area (Å²) in [5.74, 6) is 0.669. The summed E-state index contributed by atoms with van der Waals surface area (Å²) in [7, 11) is 1.62.